The number of hydrogen-bond donors (Lipinski definition) is 1. The van der Waals surface area contributed by atoms with Gasteiger partial charge in [-0.1, -0.05) is 17.7 Å². The Morgan fingerprint density at radius 2 is 1.85 bits per heavy atom. The molecule has 0 radical (unpaired) electrons. The highest BCUT2D eigenvalue weighted by Gasteiger charge is 2.23. The van der Waals surface area contributed by atoms with E-state index in [1.807, 2.05) is 45.9 Å². The molecule has 0 unspecified atom stereocenters. The van der Waals surface area contributed by atoms with Gasteiger partial charge in [-0.2, -0.15) is 9.60 Å². The van der Waals surface area contributed by atoms with Gasteiger partial charge in [0, 0.05) is 31.1 Å². The maximum Gasteiger partial charge on any atom is 0.330 e. The molecular weight excluding hydrogens is 527 g/mol. The van der Waals surface area contributed by atoms with Gasteiger partial charge in [0.25, 0.3) is 5.95 Å². The molecule has 0 bridgehead atoms. The number of halogens is 1. The molecular formula is C30H33FN6O4. The van der Waals surface area contributed by atoms with Gasteiger partial charge in [-0.15, -0.1) is 10.2 Å². The minimum absolute atomic E-state index is 0.0000896. The lowest BCUT2D eigenvalue weighted by atomic mass is 9.97. The Kier molecular flexibility index (Phi) is 7.87. The van der Waals surface area contributed by atoms with Crippen molar-refractivity contribution in [2.75, 3.05) is 13.7 Å². The van der Waals surface area contributed by atoms with E-state index in [0.717, 1.165) is 39.2 Å². The highest BCUT2D eigenvalue weighted by molar-refractivity contribution is 5.93. The molecule has 214 valence electrons. The number of methoxy groups -OCH3 is 1. The number of aromatic nitrogens is 5. The van der Waals surface area contributed by atoms with Crippen molar-refractivity contribution in [1.82, 2.24) is 24.5 Å². The molecule has 0 saturated heterocycles. The van der Waals surface area contributed by atoms with Crippen molar-refractivity contribution >= 4 is 11.5 Å². The summed E-state index contributed by atoms with van der Waals surface area (Å²) in [6.07, 6.45) is 0.934. The fourth-order valence-corrected chi connectivity index (χ4v) is 5.45. The van der Waals surface area contributed by atoms with Crippen LogP contribution in [0.15, 0.2) is 40.1 Å². The van der Waals surface area contributed by atoms with E-state index in [1.54, 1.807) is 16.2 Å². The van der Waals surface area contributed by atoms with Gasteiger partial charge in [-0.25, -0.2) is 9.79 Å². The average molecular weight is 561 g/mol. The first-order valence-corrected chi connectivity index (χ1v) is 13.6. The third-order valence-electron chi connectivity index (χ3n) is 7.28. The molecule has 0 spiro atoms. The largest absolute Gasteiger partial charge is 0.493 e. The van der Waals surface area contributed by atoms with Gasteiger partial charge in [-0.05, 0) is 69.4 Å². The zero-order valence-corrected chi connectivity index (χ0v) is 23.9. The number of carbonyl (C=O) groups excluding carboxylic acids is 1. The molecule has 2 aromatic heterocycles. The summed E-state index contributed by atoms with van der Waals surface area (Å²) in [5.74, 6) is -0.158. The number of benzene rings is 2. The van der Waals surface area contributed by atoms with E-state index >= 15 is 0 Å². The molecule has 1 aliphatic heterocycles. The Balaban J connectivity index is 1.63. The van der Waals surface area contributed by atoms with E-state index in [-0.39, 0.29) is 24.3 Å². The molecule has 4 aromatic rings. The third-order valence-corrected chi connectivity index (χ3v) is 7.28. The quantitative estimate of drug-likeness (QED) is 0.304. The van der Waals surface area contributed by atoms with Crippen molar-refractivity contribution in [3.8, 4) is 22.8 Å². The summed E-state index contributed by atoms with van der Waals surface area (Å²) in [5.41, 5.74) is 6.47. The highest BCUT2D eigenvalue weighted by atomic mass is 19.1. The molecule has 1 N–H and O–H groups in total. The Morgan fingerprint density at radius 1 is 1.10 bits per heavy atom. The van der Waals surface area contributed by atoms with Crippen molar-refractivity contribution in [3.63, 3.8) is 0 Å². The Labute approximate surface area is 236 Å². The number of carbonyl (C=O) groups is 1. The molecule has 0 aliphatic carbocycles. The number of rotatable bonds is 9. The number of ketones is 1. The molecule has 5 rings (SSSR count). The second-order valence-electron chi connectivity index (χ2n) is 10.2. The van der Waals surface area contributed by atoms with Crippen LogP contribution in [-0.4, -0.2) is 44.0 Å². The van der Waals surface area contributed by atoms with E-state index in [0.29, 0.717) is 43.0 Å². The fourth-order valence-electron chi connectivity index (χ4n) is 5.45. The zero-order valence-electron chi connectivity index (χ0n) is 23.9. The molecule has 10 nitrogen and oxygen atoms in total. The number of H-pyrrole nitrogens is 1. The average Bonchev–Trinajstić information content (AvgIpc) is 3.37. The second-order valence-corrected chi connectivity index (χ2v) is 10.2. The van der Waals surface area contributed by atoms with Crippen molar-refractivity contribution < 1.29 is 18.7 Å². The molecule has 0 saturated carbocycles. The van der Waals surface area contributed by atoms with Gasteiger partial charge >= 0.3 is 5.69 Å². The Morgan fingerprint density at radius 3 is 2.51 bits per heavy atom. The molecule has 41 heavy (non-hydrogen) atoms. The van der Waals surface area contributed by atoms with Crippen LogP contribution in [0.25, 0.3) is 11.3 Å². The van der Waals surface area contributed by atoms with Gasteiger partial charge in [-0.3, -0.25) is 13.9 Å². The van der Waals surface area contributed by atoms with Gasteiger partial charge in [0.2, 0.25) is 0 Å². The lowest BCUT2D eigenvalue weighted by molar-refractivity contribution is 0.0969. The van der Waals surface area contributed by atoms with Crippen LogP contribution in [0.3, 0.4) is 0 Å². The smallest absolute Gasteiger partial charge is 0.330 e. The first-order chi connectivity index (χ1) is 19.7. The normalized spacial score (nSPS) is 12.7. The second kappa shape index (κ2) is 11.5. The monoisotopic (exact) mass is 560 g/mol. The maximum absolute atomic E-state index is 14.0. The molecule has 3 heterocycles. The molecule has 2 aromatic carbocycles. The molecule has 11 heteroatoms. The predicted octanol–water partition coefficient (Wildman–Crippen LogP) is 4.36. The Bertz CT molecular complexity index is 1740. The zero-order chi connectivity index (χ0) is 29.3. The lowest BCUT2D eigenvalue weighted by Gasteiger charge is -2.25. The first kappa shape index (κ1) is 28.0. The molecule has 0 amide bonds. The van der Waals surface area contributed by atoms with Crippen molar-refractivity contribution in [3.05, 3.63) is 80.2 Å². The van der Waals surface area contributed by atoms with Crippen LogP contribution in [0, 0.1) is 26.7 Å². The van der Waals surface area contributed by atoms with Gasteiger partial charge in [0.15, 0.2) is 23.0 Å². The summed E-state index contributed by atoms with van der Waals surface area (Å²) in [6, 6.07) is 9.92. The number of fused-ring (bicyclic) bond motifs is 3. The van der Waals surface area contributed by atoms with E-state index in [1.165, 1.54) is 0 Å². The fraction of sp³-hybridized carbons (Fsp3) is 0.367. The van der Waals surface area contributed by atoms with Crippen LogP contribution in [0.2, 0.25) is 0 Å². The summed E-state index contributed by atoms with van der Waals surface area (Å²) in [5, 5.41) is 9.00. The summed E-state index contributed by atoms with van der Waals surface area (Å²) in [6.45, 7) is 9.15. The van der Waals surface area contributed by atoms with Gasteiger partial charge in [0.05, 0.1) is 25.1 Å². The Hall–Kier alpha value is -4.54. The van der Waals surface area contributed by atoms with Crippen LogP contribution in [0.4, 0.5) is 10.1 Å². The number of Topliss-reactive ketones (excluding diaryl/α,β-unsaturated/α-hetero) is 1. The predicted molar refractivity (Wildman–Crippen MR) is 151 cm³/mol. The summed E-state index contributed by atoms with van der Waals surface area (Å²) >= 11 is 0. The van der Waals surface area contributed by atoms with Gasteiger partial charge < -0.3 is 9.47 Å². The summed E-state index contributed by atoms with van der Waals surface area (Å²) < 4.78 is 28.4. The number of hydrogen-bond acceptors (Lipinski definition) is 7. The minimum Gasteiger partial charge on any atom is -0.493 e. The van der Waals surface area contributed by atoms with Crippen LogP contribution in [0.5, 0.6) is 11.5 Å². The standard InChI is InChI=1S/C30H33FN6O4/c1-6-41-25-14-20-9-11-36-22(21(20)15-24(25)40-5)16-26(32-27-18(3)12-17(2)13-19(27)4)37(30(36)39)10-7-8-23(38)28-29(31)34-35-33-28/h12-16H,6-11H2,1-5H3,(H,33,34,35). The highest BCUT2D eigenvalue weighted by Crippen LogP contribution is 2.37. The molecule has 0 fully saturated rings. The first-order valence-electron chi connectivity index (χ1n) is 13.6. The van der Waals surface area contributed by atoms with Crippen LogP contribution < -0.4 is 20.7 Å². The number of ether oxygens (including phenoxy) is 2. The maximum atomic E-state index is 14.0. The van der Waals surface area contributed by atoms with Crippen molar-refractivity contribution in [2.45, 2.75) is 60.0 Å². The van der Waals surface area contributed by atoms with Crippen molar-refractivity contribution in [1.29, 1.82) is 0 Å². The number of nitrogens with zero attached hydrogens (tertiary/aromatic N) is 5. The van der Waals surface area contributed by atoms with E-state index in [9.17, 15) is 14.0 Å². The number of aryl methyl sites for hydroxylation is 4. The van der Waals surface area contributed by atoms with Crippen LogP contribution in [0.1, 0.15) is 52.5 Å². The van der Waals surface area contributed by atoms with Crippen molar-refractivity contribution in [2.24, 2.45) is 4.99 Å². The lowest BCUT2D eigenvalue weighted by Crippen LogP contribution is -2.42. The van der Waals surface area contributed by atoms with Gasteiger partial charge in [0.1, 0.15) is 5.49 Å². The minimum atomic E-state index is -0.931. The SMILES string of the molecule is CCOc1cc2c(cc1OC)-c1cc(=Nc3c(C)cc(C)cc3C)n(CCCC(=O)c3n[nH]nc3F)c(=O)n1CC2. The van der Waals surface area contributed by atoms with Crippen LogP contribution in [-0.2, 0) is 19.5 Å². The van der Waals surface area contributed by atoms with Crippen LogP contribution >= 0.6 is 0 Å². The summed E-state index contributed by atoms with van der Waals surface area (Å²) in [4.78, 5) is 31.5. The summed E-state index contributed by atoms with van der Waals surface area (Å²) in [7, 11) is 1.59. The topological polar surface area (TPSA) is 116 Å². The van der Waals surface area contributed by atoms with E-state index < -0.39 is 11.7 Å². The molecule has 1 aliphatic rings. The third kappa shape index (κ3) is 5.44. The van der Waals surface area contributed by atoms with E-state index in [2.05, 4.69) is 27.5 Å². The number of nitrogens with one attached hydrogen (secondary N) is 1. The number of aromatic amines is 1. The molecule has 0 atom stereocenters. The van der Waals surface area contributed by atoms with E-state index in [4.69, 9.17) is 14.5 Å².